The maximum absolute atomic E-state index is 12.6. The molecule has 6 heteroatoms. The van der Waals surface area contributed by atoms with Crippen LogP contribution in [0.1, 0.15) is 41.5 Å². The van der Waals surface area contributed by atoms with E-state index in [1.807, 2.05) is 33.8 Å². The summed E-state index contributed by atoms with van der Waals surface area (Å²) in [4.78, 5) is 12.6. The van der Waals surface area contributed by atoms with E-state index in [1.54, 1.807) is 13.8 Å². The Morgan fingerprint density at radius 1 is 1.23 bits per heavy atom. The molecule has 1 saturated heterocycles. The number of aliphatic hydroxyl groups is 1. The van der Waals surface area contributed by atoms with Crippen LogP contribution in [0.25, 0.3) is 0 Å². The first-order valence-corrected chi connectivity index (χ1v) is 7.71. The van der Waals surface area contributed by atoms with E-state index >= 15 is 0 Å². The minimum absolute atomic E-state index is 0.129. The van der Waals surface area contributed by atoms with E-state index in [0.717, 1.165) is 0 Å². The normalized spacial score (nSPS) is 33.0. The van der Waals surface area contributed by atoms with Gasteiger partial charge in [-0.15, -0.1) is 0 Å². The second-order valence-corrected chi connectivity index (χ2v) is 7.70. The zero-order valence-electron chi connectivity index (χ0n) is 14.3. The molecule has 0 aliphatic carbocycles. The highest BCUT2D eigenvalue weighted by atomic mass is 16.7. The summed E-state index contributed by atoms with van der Waals surface area (Å²) in [7, 11) is 0. The molecule has 0 spiro atoms. The van der Waals surface area contributed by atoms with Gasteiger partial charge in [0.15, 0.2) is 5.79 Å². The Labute approximate surface area is 132 Å². The number of nitrogens with one attached hydrogen (secondary N) is 2. The van der Waals surface area contributed by atoms with Gasteiger partial charge in [0.05, 0.1) is 25.4 Å². The molecule has 1 fully saturated rings. The van der Waals surface area contributed by atoms with Crippen molar-refractivity contribution in [1.29, 1.82) is 0 Å². The van der Waals surface area contributed by atoms with Gasteiger partial charge in [0.1, 0.15) is 0 Å². The summed E-state index contributed by atoms with van der Waals surface area (Å²) in [5.74, 6) is -0.939. The largest absolute Gasteiger partial charge is 0.388 e. The van der Waals surface area contributed by atoms with Crippen LogP contribution in [-0.4, -0.2) is 53.2 Å². The van der Waals surface area contributed by atoms with Crippen molar-refractivity contribution in [3.63, 3.8) is 0 Å². The molecular weight excluding hydrogens is 284 g/mol. The molecule has 0 saturated carbocycles. The van der Waals surface area contributed by atoms with Gasteiger partial charge in [0.2, 0.25) is 5.91 Å². The van der Waals surface area contributed by atoms with E-state index in [9.17, 15) is 9.90 Å². The first kappa shape index (κ1) is 17.4. The summed E-state index contributed by atoms with van der Waals surface area (Å²) in [5, 5.41) is 16.4. The van der Waals surface area contributed by atoms with E-state index in [0.29, 0.717) is 5.57 Å². The molecule has 6 nitrogen and oxygen atoms in total. The number of rotatable bonds is 2. The van der Waals surface area contributed by atoms with Gasteiger partial charge < -0.3 is 19.9 Å². The molecule has 2 unspecified atom stereocenters. The van der Waals surface area contributed by atoms with Crippen molar-refractivity contribution in [3.8, 4) is 0 Å². The van der Waals surface area contributed by atoms with E-state index in [4.69, 9.17) is 9.47 Å². The maximum Gasteiger partial charge on any atom is 0.249 e. The molecule has 126 valence electrons. The van der Waals surface area contributed by atoms with E-state index in [2.05, 4.69) is 10.6 Å². The van der Waals surface area contributed by atoms with Crippen LogP contribution in [0.3, 0.4) is 0 Å². The molecule has 2 heterocycles. The van der Waals surface area contributed by atoms with Gasteiger partial charge in [-0.05, 0) is 41.5 Å². The Kier molecular flexibility index (Phi) is 4.43. The third-order valence-electron chi connectivity index (χ3n) is 4.05. The number of ether oxygens (including phenoxy) is 2. The number of hydrogen-bond acceptors (Lipinski definition) is 5. The highest BCUT2D eigenvalue weighted by Gasteiger charge is 2.41. The van der Waals surface area contributed by atoms with Gasteiger partial charge in [-0.1, -0.05) is 6.08 Å². The zero-order valence-corrected chi connectivity index (χ0v) is 14.3. The lowest BCUT2D eigenvalue weighted by Crippen LogP contribution is -2.51. The summed E-state index contributed by atoms with van der Waals surface area (Å²) in [6.07, 6.45) is 1.14. The van der Waals surface area contributed by atoms with Crippen LogP contribution >= 0.6 is 0 Å². The molecular formula is C16H28N2O4. The molecule has 2 aliphatic rings. The number of carbonyl (C=O) groups is 1. The van der Waals surface area contributed by atoms with E-state index < -0.39 is 23.5 Å². The van der Waals surface area contributed by atoms with E-state index in [1.165, 1.54) is 0 Å². The Hall–Kier alpha value is -0.950. The third-order valence-corrected chi connectivity index (χ3v) is 4.05. The van der Waals surface area contributed by atoms with E-state index in [-0.39, 0.29) is 24.7 Å². The van der Waals surface area contributed by atoms with Crippen molar-refractivity contribution in [2.45, 2.75) is 70.6 Å². The van der Waals surface area contributed by atoms with Crippen molar-refractivity contribution in [2.24, 2.45) is 0 Å². The lowest BCUT2D eigenvalue weighted by Gasteiger charge is -2.28. The fraction of sp³-hybridized carbons (Fsp3) is 0.812. The van der Waals surface area contributed by atoms with Gasteiger partial charge in [-0.25, -0.2) is 0 Å². The molecule has 0 aromatic rings. The fourth-order valence-corrected chi connectivity index (χ4v) is 3.03. The van der Waals surface area contributed by atoms with Crippen molar-refractivity contribution < 1.29 is 19.4 Å². The van der Waals surface area contributed by atoms with Crippen LogP contribution < -0.4 is 10.6 Å². The average Bonchev–Trinajstić information content (AvgIpc) is 2.51. The minimum atomic E-state index is -0.795. The number of carbonyl (C=O) groups excluding carboxylic acids is 1. The standard InChI is InChI=1S/C16H28N2O4/c1-14(2)7-10(15(3,4)18-14)13(20)17-11-8-21-16(5,6)22-9-12(11)19/h7,11-12,18-19H,8-9H2,1-6H3,(H,17,20). The molecule has 0 aromatic heterocycles. The van der Waals surface area contributed by atoms with Crippen molar-refractivity contribution >= 4 is 5.91 Å². The van der Waals surface area contributed by atoms with Crippen LogP contribution in [0.2, 0.25) is 0 Å². The first-order valence-electron chi connectivity index (χ1n) is 7.71. The second kappa shape index (κ2) is 5.60. The van der Waals surface area contributed by atoms with Crippen LogP contribution in [0.15, 0.2) is 11.6 Å². The van der Waals surface area contributed by atoms with Gasteiger partial charge in [-0.3, -0.25) is 10.1 Å². The van der Waals surface area contributed by atoms with Crippen LogP contribution in [-0.2, 0) is 14.3 Å². The third kappa shape index (κ3) is 3.87. The maximum atomic E-state index is 12.6. The topological polar surface area (TPSA) is 79.8 Å². The van der Waals surface area contributed by atoms with Crippen molar-refractivity contribution in [1.82, 2.24) is 10.6 Å². The van der Waals surface area contributed by atoms with Crippen molar-refractivity contribution in [3.05, 3.63) is 11.6 Å². The van der Waals surface area contributed by atoms with Gasteiger partial charge in [0.25, 0.3) is 0 Å². The lowest BCUT2D eigenvalue weighted by molar-refractivity contribution is -0.203. The molecule has 3 N–H and O–H groups in total. The molecule has 2 atom stereocenters. The average molecular weight is 312 g/mol. The van der Waals surface area contributed by atoms with Crippen LogP contribution in [0.4, 0.5) is 0 Å². The molecule has 0 radical (unpaired) electrons. The van der Waals surface area contributed by atoms with Gasteiger partial charge in [0, 0.05) is 16.7 Å². The summed E-state index contributed by atoms with van der Waals surface area (Å²) in [5.41, 5.74) is 0.0221. The van der Waals surface area contributed by atoms with Crippen LogP contribution in [0, 0.1) is 0 Å². The Morgan fingerprint density at radius 2 is 1.82 bits per heavy atom. The Morgan fingerprint density at radius 3 is 2.36 bits per heavy atom. The lowest BCUT2D eigenvalue weighted by atomic mass is 9.95. The fourth-order valence-electron chi connectivity index (χ4n) is 3.03. The highest BCUT2D eigenvalue weighted by molar-refractivity contribution is 5.96. The monoisotopic (exact) mass is 312 g/mol. The smallest absolute Gasteiger partial charge is 0.249 e. The van der Waals surface area contributed by atoms with Gasteiger partial charge >= 0.3 is 0 Å². The van der Waals surface area contributed by atoms with Crippen molar-refractivity contribution in [2.75, 3.05) is 13.2 Å². The number of hydrogen-bond donors (Lipinski definition) is 3. The minimum Gasteiger partial charge on any atom is -0.388 e. The molecule has 1 amide bonds. The molecule has 22 heavy (non-hydrogen) atoms. The van der Waals surface area contributed by atoms with Gasteiger partial charge in [-0.2, -0.15) is 0 Å². The first-order chi connectivity index (χ1) is 9.92. The van der Waals surface area contributed by atoms with Crippen LogP contribution in [0.5, 0.6) is 0 Å². The molecule has 0 aromatic carbocycles. The summed E-state index contributed by atoms with van der Waals surface area (Å²) < 4.78 is 11.1. The number of aliphatic hydroxyl groups excluding tert-OH is 1. The quantitative estimate of drug-likeness (QED) is 0.699. The summed E-state index contributed by atoms with van der Waals surface area (Å²) in [6, 6.07) is -0.491. The number of amides is 1. The Bertz CT molecular complexity index is 483. The second-order valence-electron chi connectivity index (χ2n) is 7.70. The summed E-state index contributed by atoms with van der Waals surface area (Å²) in [6.45, 7) is 11.9. The predicted octanol–water partition coefficient (Wildman–Crippen LogP) is 0.702. The zero-order chi connectivity index (χ0) is 16.8. The Balaban J connectivity index is 2.08. The molecule has 2 aliphatic heterocycles. The molecule has 2 rings (SSSR count). The SMILES string of the molecule is CC1(C)C=C(C(=O)NC2COC(C)(C)OCC2O)C(C)(C)N1. The summed E-state index contributed by atoms with van der Waals surface area (Å²) >= 11 is 0. The highest BCUT2D eigenvalue weighted by Crippen LogP contribution is 2.30. The predicted molar refractivity (Wildman–Crippen MR) is 83.3 cm³/mol. The molecule has 0 bridgehead atoms.